The summed E-state index contributed by atoms with van der Waals surface area (Å²) in [5.41, 5.74) is 4.10. The summed E-state index contributed by atoms with van der Waals surface area (Å²) in [6, 6.07) is 16.6. The van der Waals surface area contributed by atoms with Crippen LogP contribution in [0.3, 0.4) is 0 Å². The second-order valence-electron chi connectivity index (χ2n) is 11.3. The number of ether oxygens (including phenoxy) is 1. The Hall–Kier alpha value is -3.82. The number of likely N-dealkylation sites (N-methyl/N-ethyl adjacent to an activating group) is 2. The van der Waals surface area contributed by atoms with Crippen molar-refractivity contribution in [2.24, 2.45) is 0 Å². The molecule has 2 fully saturated rings. The average Bonchev–Trinajstić information content (AvgIpc) is 3.01. The Morgan fingerprint density at radius 1 is 1.09 bits per heavy atom. The van der Waals surface area contributed by atoms with Crippen LogP contribution in [0.4, 0.5) is 23.0 Å². The molecule has 1 aromatic heterocycles. The van der Waals surface area contributed by atoms with E-state index in [1.54, 1.807) is 6.20 Å². The van der Waals surface area contributed by atoms with Crippen molar-refractivity contribution in [3.63, 3.8) is 0 Å². The number of aromatic nitrogens is 2. The van der Waals surface area contributed by atoms with Crippen LogP contribution in [0.25, 0.3) is 0 Å². The van der Waals surface area contributed by atoms with E-state index < -0.39 is 0 Å². The van der Waals surface area contributed by atoms with Crippen molar-refractivity contribution in [2.75, 3.05) is 61.9 Å². The number of nitrogens with one attached hydrogen (secondary N) is 2. The molecule has 43 heavy (non-hydrogen) atoms. The monoisotopic (exact) mass is 605 g/mol. The molecule has 1 aliphatic carbocycles. The molecule has 2 N–H and O–H groups in total. The lowest BCUT2D eigenvalue weighted by Crippen LogP contribution is -2.44. The standard InChI is InChI=1S/C26H31ClN6O.C7H13NO/c1-19(2)18-32(4)23-7-5-6-8-24(23)34-25-22(27)17-28-26(30-25)29-20-9-11-21(12-10-20)33-15-13-31(3)14-16-33;9-6-8-7-4-2-1-3-5-7/h5-12,17H,1,13-16,18H2,2-4H3,(H,28,29,30);6-7H,1-5H2,(H,8,9). The number of hydrogen-bond acceptors (Lipinski definition) is 8. The number of rotatable bonds is 10. The van der Waals surface area contributed by atoms with Gasteiger partial charge in [0.25, 0.3) is 0 Å². The smallest absolute Gasteiger partial charge is 0.243 e. The largest absolute Gasteiger partial charge is 0.435 e. The molecule has 0 bridgehead atoms. The van der Waals surface area contributed by atoms with Crippen LogP contribution in [0.15, 0.2) is 66.9 Å². The number of hydrogen-bond donors (Lipinski definition) is 2. The summed E-state index contributed by atoms with van der Waals surface area (Å²) in [5, 5.41) is 6.39. The Kier molecular flexibility index (Phi) is 12.1. The number of anilines is 4. The van der Waals surface area contributed by atoms with Crippen LogP contribution in [-0.4, -0.2) is 74.1 Å². The van der Waals surface area contributed by atoms with Gasteiger partial charge in [0.15, 0.2) is 5.75 Å². The maximum atomic E-state index is 9.96. The second-order valence-corrected chi connectivity index (χ2v) is 11.7. The first-order chi connectivity index (χ1) is 20.8. The fraction of sp³-hybridized carbons (Fsp3) is 0.424. The fourth-order valence-electron chi connectivity index (χ4n) is 5.25. The highest BCUT2D eigenvalue weighted by Crippen LogP contribution is 2.34. The minimum Gasteiger partial charge on any atom is -0.435 e. The van der Waals surface area contributed by atoms with Gasteiger partial charge in [-0.05, 0) is 63.2 Å². The van der Waals surface area contributed by atoms with E-state index in [9.17, 15) is 4.79 Å². The maximum absolute atomic E-state index is 9.96. The van der Waals surface area contributed by atoms with Crippen LogP contribution in [-0.2, 0) is 4.79 Å². The minimum absolute atomic E-state index is 0.296. The first-order valence-corrected chi connectivity index (χ1v) is 15.4. The summed E-state index contributed by atoms with van der Waals surface area (Å²) in [6.45, 7) is 10.9. The summed E-state index contributed by atoms with van der Waals surface area (Å²) in [7, 11) is 4.16. The van der Waals surface area contributed by atoms with E-state index in [2.05, 4.69) is 61.1 Å². The highest BCUT2D eigenvalue weighted by molar-refractivity contribution is 6.31. The summed E-state index contributed by atoms with van der Waals surface area (Å²) in [4.78, 5) is 25.6. The highest BCUT2D eigenvalue weighted by atomic mass is 35.5. The third kappa shape index (κ3) is 9.86. The first-order valence-electron chi connectivity index (χ1n) is 15.0. The molecule has 0 radical (unpaired) electrons. The zero-order chi connectivity index (χ0) is 30.6. The predicted molar refractivity (Wildman–Crippen MR) is 177 cm³/mol. The van der Waals surface area contributed by atoms with Crippen LogP contribution in [0.1, 0.15) is 39.0 Å². The summed E-state index contributed by atoms with van der Waals surface area (Å²) >= 11 is 6.37. The van der Waals surface area contributed by atoms with Gasteiger partial charge < -0.3 is 30.1 Å². The van der Waals surface area contributed by atoms with Gasteiger partial charge >= 0.3 is 0 Å². The van der Waals surface area contributed by atoms with E-state index >= 15 is 0 Å². The van der Waals surface area contributed by atoms with Gasteiger partial charge in [0, 0.05) is 57.2 Å². The molecule has 10 heteroatoms. The highest BCUT2D eigenvalue weighted by Gasteiger charge is 2.16. The van der Waals surface area contributed by atoms with Gasteiger partial charge in [-0.15, -0.1) is 0 Å². The topological polar surface area (TPSA) is 85.9 Å². The predicted octanol–water partition coefficient (Wildman–Crippen LogP) is 6.50. The van der Waals surface area contributed by atoms with Crippen molar-refractivity contribution in [1.82, 2.24) is 20.2 Å². The van der Waals surface area contributed by atoms with Crippen LogP contribution in [0.2, 0.25) is 5.02 Å². The Balaban J connectivity index is 0.000000403. The van der Waals surface area contributed by atoms with Crippen LogP contribution < -0.4 is 25.2 Å². The lowest BCUT2D eigenvalue weighted by atomic mass is 9.96. The van der Waals surface area contributed by atoms with Crippen LogP contribution in [0.5, 0.6) is 11.6 Å². The van der Waals surface area contributed by atoms with Crippen molar-refractivity contribution in [1.29, 1.82) is 0 Å². The SMILES string of the molecule is C=C(C)CN(C)c1ccccc1Oc1nc(Nc2ccc(N3CCN(C)CC3)cc2)ncc1Cl.O=CNC1CCCCC1. The number of benzene rings is 2. The van der Waals surface area contributed by atoms with Gasteiger partial charge in [-0.2, -0.15) is 4.98 Å². The summed E-state index contributed by atoms with van der Waals surface area (Å²) < 4.78 is 6.12. The van der Waals surface area contributed by atoms with Gasteiger partial charge in [0.1, 0.15) is 5.02 Å². The number of nitrogens with zero attached hydrogens (tertiary/aromatic N) is 5. The Morgan fingerprint density at radius 3 is 2.47 bits per heavy atom. The Morgan fingerprint density at radius 2 is 1.79 bits per heavy atom. The van der Waals surface area contributed by atoms with Gasteiger partial charge in [-0.25, -0.2) is 4.98 Å². The summed E-state index contributed by atoms with van der Waals surface area (Å²) in [6.07, 6.45) is 8.63. The molecule has 9 nitrogen and oxygen atoms in total. The number of para-hydroxylation sites is 2. The zero-order valence-electron chi connectivity index (χ0n) is 25.6. The lowest BCUT2D eigenvalue weighted by molar-refractivity contribution is -0.110. The average molecular weight is 606 g/mol. The molecule has 2 heterocycles. The number of amides is 1. The molecule has 2 aromatic carbocycles. The molecule has 0 unspecified atom stereocenters. The van der Waals surface area contributed by atoms with Gasteiger partial charge in [-0.1, -0.05) is 55.1 Å². The molecule has 5 rings (SSSR count). The molecule has 0 spiro atoms. The third-order valence-electron chi connectivity index (χ3n) is 7.60. The minimum atomic E-state index is 0.296. The number of halogens is 1. The van der Waals surface area contributed by atoms with Gasteiger partial charge in [0.2, 0.25) is 18.2 Å². The Bertz CT molecular complexity index is 1320. The zero-order valence-corrected chi connectivity index (χ0v) is 26.3. The maximum Gasteiger partial charge on any atom is 0.243 e. The van der Waals surface area contributed by atoms with Crippen molar-refractivity contribution >= 4 is 41.0 Å². The number of piperazine rings is 1. The van der Waals surface area contributed by atoms with E-state index in [1.165, 1.54) is 37.8 Å². The van der Waals surface area contributed by atoms with Crippen molar-refractivity contribution < 1.29 is 9.53 Å². The molecule has 0 atom stereocenters. The Labute approximate surface area is 260 Å². The quantitative estimate of drug-likeness (QED) is 0.200. The van der Waals surface area contributed by atoms with E-state index in [-0.39, 0.29) is 0 Å². The first kappa shape index (κ1) is 32.1. The van der Waals surface area contributed by atoms with E-state index in [1.807, 2.05) is 50.4 Å². The van der Waals surface area contributed by atoms with Crippen molar-refractivity contribution in [3.05, 3.63) is 71.9 Å². The summed E-state index contributed by atoms with van der Waals surface area (Å²) in [5.74, 6) is 1.37. The molecule has 1 aliphatic heterocycles. The molecule has 230 valence electrons. The van der Waals surface area contributed by atoms with Crippen LogP contribution in [0, 0.1) is 0 Å². The lowest BCUT2D eigenvalue weighted by Gasteiger charge is -2.34. The van der Waals surface area contributed by atoms with Crippen LogP contribution >= 0.6 is 11.6 Å². The molecule has 3 aromatic rings. The molecular formula is C33H44ClN7O2. The van der Waals surface area contributed by atoms with E-state index in [0.717, 1.165) is 56.1 Å². The van der Waals surface area contributed by atoms with Gasteiger partial charge in [0.05, 0.1) is 11.9 Å². The fourth-order valence-corrected chi connectivity index (χ4v) is 5.38. The van der Waals surface area contributed by atoms with Gasteiger partial charge in [-0.3, -0.25) is 4.79 Å². The number of carbonyl (C=O) groups excluding carboxylic acids is 1. The molecule has 2 aliphatic rings. The number of carbonyl (C=O) groups is 1. The molecule has 1 saturated heterocycles. The van der Waals surface area contributed by atoms with E-state index in [0.29, 0.717) is 28.6 Å². The van der Waals surface area contributed by atoms with Crippen molar-refractivity contribution in [3.8, 4) is 11.6 Å². The molecule has 1 amide bonds. The molecular weight excluding hydrogens is 562 g/mol. The molecule has 1 saturated carbocycles. The third-order valence-corrected chi connectivity index (χ3v) is 7.86. The van der Waals surface area contributed by atoms with E-state index in [4.69, 9.17) is 16.3 Å². The second kappa shape index (κ2) is 16.1. The normalized spacial score (nSPS) is 15.6. The van der Waals surface area contributed by atoms with Crippen molar-refractivity contribution in [2.45, 2.75) is 45.1 Å².